The van der Waals surface area contributed by atoms with E-state index in [1.165, 1.54) is 17.3 Å². The van der Waals surface area contributed by atoms with E-state index in [0.29, 0.717) is 10.6 Å². The van der Waals surface area contributed by atoms with Gasteiger partial charge in [-0.15, -0.1) is 0 Å². The van der Waals surface area contributed by atoms with E-state index in [1.807, 2.05) is 0 Å². The molecule has 0 aliphatic carbocycles. The molecule has 0 fully saturated rings. The summed E-state index contributed by atoms with van der Waals surface area (Å²) in [5, 5.41) is 15.9. The Morgan fingerprint density at radius 1 is 1.33 bits per heavy atom. The molecule has 132 valence electrons. The third-order valence-corrected chi connectivity index (χ3v) is 4.90. The smallest absolute Gasteiger partial charge is 0.264 e. The molecule has 0 radical (unpaired) electrons. The molecule has 24 heavy (non-hydrogen) atoms. The zero-order valence-electron chi connectivity index (χ0n) is 13.6. The minimum atomic E-state index is -3.65. The summed E-state index contributed by atoms with van der Waals surface area (Å²) in [6.45, 7) is 3.42. The molecule has 0 aliphatic heterocycles. The van der Waals surface area contributed by atoms with E-state index in [1.54, 1.807) is 38.1 Å². The van der Waals surface area contributed by atoms with Gasteiger partial charge in [-0.25, -0.2) is 9.67 Å². The van der Waals surface area contributed by atoms with Crippen molar-refractivity contribution in [3.8, 4) is 0 Å². The Morgan fingerprint density at radius 3 is 2.46 bits per heavy atom. The van der Waals surface area contributed by atoms with Gasteiger partial charge in [0, 0.05) is 10.9 Å². The maximum atomic E-state index is 11.4. The fourth-order valence-corrected chi connectivity index (χ4v) is 3.39. The molecular formula is C15H20ClN3O4S. The second-order valence-corrected chi connectivity index (χ2v) is 7.86. The number of hydrogen-bond donors (Lipinski definition) is 1. The molecule has 1 heterocycles. The van der Waals surface area contributed by atoms with Crippen molar-refractivity contribution in [1.82, 2.24) is 14.8 Å². The van der Waals surface area contributed by atoms with Crippen molar-refractivity contribution in [3.05, 3.63) is 47.5 Å². The van der Waals surface area contributed by atoms with Gasteiger partial charge >= 0.3 is 0 Å². The molecular weight excluding hydrogens is 354 g/mol. The minimum absolute atomic E-state index is 0.0905. The van der Waals surface area contributed by atoms with Crippen molar-refractivity contribution in [2.24, 2.45) is 5.92 Å². The van der Waals surface area contributed by atoms with Crippen molar-refractivity contribution >= 4 is 21.7 Å². The van der Waals surface area contributed by atoms with Crippen LogP contribution >= 0.6 is 11.6 Å². The predicted molar refractivity (Wildman–Crippen MR) is 89.9 cm³/mol. The zero-order valence-corrected chi connectivity index (χ0v) is 15.2. The largest absolute Gasteiger partial charge is 0.383 e. The number of benzene rings is 1. The lowest BCUT2D eigenvalue weighted by Crippen LogP contribution is -2.44. The molecule has 1 aromatic carbocycles. The summed E-state index contributed by atoms with van der Waals surface area (Å²) in [4.78, 5) is 3.87. The molecule has 2 aromatic rings. The highest BCUT2D eigenvalue weighted by atomic mass is 35.5. The normalized spacial score (nSPS) is 17.2. The third kappa shape index (κ3) is 4.54. The Labute approximate surface area is 146 Å². The Morgan fingerprint density at radius 2 is 1.96 bits per heavy atom. The fraction of sp³-hybridized carbons (Fsp3) is 0.467. The summed E-state index contributed by atoms with van der Waals surface area (Å²) in [5.74, 6) is -0.558. The maximum absolute atomic E-state index is 11.4. The van der Waals surface area contributed by atoms with Gasteiger partial charge < -0.3 is 5.11 Å². The lowest BCUT2D eigenvalue weighted by atomic mass is 9.79. The van der Waals surface area contributed by atoms with E-state index < -0.39 is 27.7 Å². The fourth-order valence-electron chi connectivity index (χ4n) is 2.55. The number of hydrogen-bond acceptors (Lipinski definition) is 6. The number of aromatic nitrogens is 3. The summed E-state index contributed by atoms with van der Waals surface area (Å²) in [7, 11) is -3.65. The first-order chi connectivity index (χ1) is 11.1. The van der Waals surface area contributed by atoms with Crippen LogP contribution in [0.1, 0.15) is 19.4 Å². The molecule has 1 aromatic heterocycles. The van der Waals surface area contributed by atoms with E-state index >= 15 is 0 Å². The molecule has 0 bridgehead atoms. The van der Waals surface area contributed by atoms with Crippen molar-refractivity contribution in [1.29, 1.82) is 0 Å². The van der Waals surface area contributed by atoms with Crippen LogP contribution in [-0.4, -0.2) is 40.6 Å². The van der Waals surface area contributed by atoms with Crippen molar-refractivity contribution in [3.63, 3.8) is 0 Å². The average Bonchev–Trinajstić information content (AvgIpc) is 2.97. The second-order valence-electron chi connectivity index (χ2n) is 5.82. The highest BCUT2D eigenvalue weighted by Gasteiger charge is 2.41. The Bertz CT molecular complexity index is 765. The number of nitrogens with zero attached hydrogens (tertiary/aromatic N) is 3. The van der Waals surface area contributed by atoms with Gasteiger partial charge in [-0.1, -0.05) is 30.7 Å². The van der Waals surface area contributed by atoms with E-state index in [-0.39, 0.29) is 6.54 Å². The molecule has 0 aliphatic rings. The Kier molecular flexibility index (Phi) is 5.64. The Hall–Kier alpha value is -1.48. The number of aliphatic hydroxyl groups is 1. The minimum Gasteiger partial charge on any atom is -0.383 e. The lowest BCUT2D eigenvalue weighted by Gasteiger charge is -2.37. The summed E-state index contributed by atoms with van der Waals surface area (Å²) >= 11 is 5.92. The van der Waals surface area contributed by atoms with Gasteiger partial charge in [0.1, 0.15) is 18.3 Å². The standard InChI is InChI=1S/C15H20ClN3O4S/c1-11(12(2)23-24(3,21)22)15(20,8-19-10-17-9-18-19)13-4-6-14(16)7-5-13/h4-7,9-12,20H,8H2,1-3H3/t11-,12-,15+/m0/s1. The zero-order chi connectivity index (χ0) is 18.0. The van der Waals surface area contributed by atoms with E-state index in [4.69, 9.17) is 15.8 Å². The van der Waals surface area contributed by atoms with Crippen LogP contribution in [0.15, 0.2) is 36.9 Å². The van der Waals surface area contributed by atoms with Crippen LogP contribution in [0.25, 0.3) is 0 Å². The van der Waals surface area contributed by atoms with Crippen molar-refractivity contribution in [2.75, 3.05) is 6.26 Å². The molecule has 7 nitrogen and oxygen atoms in total. The first-order valence-corrected chi connectivity index (χ1v) is 9.50. The van der Waals surface area contributed by atoms with Gasteiger partial charge in [0.05, 0.1) is 18.9 Å². The molecule has 9 heteroatoms. The highest BCUT2D eigenvalue weighted by Crippen LogP contribution is 2.35. The van der Waals surface area contributed by atoms with Gasteiger partial charge in [0.2, 0.25) is 0 Å². The first kappa shape index (κ1) is 18.9. The highest BCUT2D eigenvalue weighted by molar-refractivity contribution is 7.86. The van der Waals surface area contributed by atoms with Crippen molar-refractivity contribution < 1.29 is 17.7 Å². The van der Waals surface area contributed by atoms with Gasteiger partial charge in [0.25, 0.3) is 10.1 Å². The van der Waals surface area contributed by atoms with Gasteiger partial charge in [0.15, 0.2) is 0 Å². The summed E-state index contributed by atoms with van der Waals surface area (Å²) < 4.78 is 29.4. The summed E-state index contributed by atoms with van der Waals surface area (Å²) in [6.07, 6.45) is 3.08. The maximum Gasteiger partial charge on any atom is 0.264 e. The molecule has 0 amide bonds. The SMILES string of the molecule is C[C@H](OS(C)(=O)=O)[C@H](C)[C@](O)(Cn1cncn1)c1ccc(Cl)cc1. The molecule has 0 spiro atoms. The molecule has 2 rings (SSSR count). The van der Waals surface area contributed by atoms with Crippen molar-refractivity contribution in [2.45, 2.75) is 32.1 Å². The van der Waals surface area contributed by atoms with Crippen LogP contribution in [0.3, 0.4) is 0 Å². The van der Waals surface area contributed by atoms with Crippen LogP contribution in [0.5, 0.6) is 0 Å². The van der Waals surface area contributed by atoms with Crippen LogP contribution in [0, 0.1) is 5.92 Å². The number of rotatable bonds is 7. The Balaban J connectivity index is 2.39. The van der Waals surface area contributed by atoms with Crippen LogP contribution in [0.4, 0.5) is 0 Å². The van der Waals surface area contributed by atoms with Gasteiger partial charge in [-0.2, -0.15) is 13.5 Å². The number of halogens is 1. The topological polar surface area (TPSA) is 94.3 Å². The quantitative estimate of drug-likeness (QED) is 0.744. The summed E-state index contributed by atoms with van der Waals surface area (Å²) in [5.41, 5.74) is -0.846. The molecule has 1 N–H and O–H groups in total. The van der Waals surface area contributed by atoms with E-state index in [9.17, 15) is 13.5 Å². The third-order valence-electron chi connectivity index (χ3n) is 4.00. The van der Waals surface area contributed by atoms with Crippen LogP contribution in [0.2, 0.25) is 5.02 Å². The summed E-state index contributed by atoms with van der Waals surface area (Å²) in [6, 6.07) is 6.72. The molecule has 3 atom stereocenters. The van der Waals surface area contributed by atoms with Crippen LogP contribution in [-0.2, 0) is 26.4 Å². The molecule has 0 saturated carbocycles. The van der Waals surface area contributed by atoms with E-state index in [0.717, 1.165) is 6.26 Å². The van der Waals surface area contributed by atoms with E-state index in [2.05, 4.69) is 10.1 Å². The lowest BCUT2D eigenvalue weighted by molar-refractivity contribution is -0.0704. The molecule has 0 unspecified atom stereocenters. The van der Waals surface area contributed by atoms with Gasteiger partial charge in [-0.3, -0.25) is 4.18 Å². The monoisotopic (exact) mass is 373 g/mol. The van der Waals surface area contributed by atoms with Crippen LogP contribution < -0.4 is 0 Å². The first-order valence-electron chi connectivity index (χ1n) is 7.31. The molecule has 0 saturated heterocycles. The second kappa shape index (κ2) is 7.18. The average molecular weight is 374 g/mol. The van der Waals surface area contributed by atoms with Gasteiger partial charge in [-0.05, 0) is 24.6 Å². The predicted octanol–water partition coefficient (Wildman–Crippen LogP) is 1.82.